The first-order valence-corrected chi connectivity index (χ1v) is 13.8. The number of aromatic nitrogens is 2. The maximum Gasteiger partial charge on any atom is 0.264 e. The smallest absolute Gasteiger partial charge is 0.264 e. The lowest BCUT2D eigenvalue weighted by atomic mass is 10.2. The van der Waals surface area contributed by atoms with Crippen molar-refractivity contribution in [2.75, 3.05) is 26.2 Å². The van der Waals surface area contributed by atoms with Crippen LogP contribution in [-0.4, -0.2) is 59.5 Å². The van der Waals surface area contributed by atoms with Crippen molar-refractivity contribution in [1.29, 1.82) is 0 Å². The Balaban J connectivity index is 1.35. The minimum Gasteiger partial charge on any atom is -0.335 e. The molecule has 1 fully saturated rings. The summed E-state index contributed by atoms with van der Waals surface area (Å²) in [6, 6.07) is 15.1. The Kier molecular flexibility index (Phi) is 5.70. The molecule has 1 aliphatic heterocycles. The number of hydrogen-bond donors (Lipinski definition) is 0. The normalized spacial score (nSPS) is 15.5. The van der Waals surface area contributed by atoms with Gasteiger partial charge < -0.3 is 4.90 Å². The van der Waals surface area contributed by atoms with Crippen LogP contribution in [0.5, 0.6) is 0 Å². The summed E-state index contributed by atoms with van der Waals surface area (Å²) in [5.41, 5.74) is 1.82. The number of para-hydroxylation sites is 1. The predicted octanol–water partition coefficient (Wildman–Crippen LogP) is 4.37. The summed E-state index contributed by atoms with van der Waals surface area (Å²) >= 11 is 5.93. The standard InChI is InChI=1S/C21H19BrN4O3S3/c1-14-16-13-17(30-21(16)26(23-14)15-5-3-2-4-6-15)20(27)24-9-11-25(12-10-24)32(28,29)19-8-7-18(22)31-19/h2-8,13H,9-12H2,1H3. The van der Waals surface area contributed by atoms with Crippen molar-refractivity contribution in [2.24, 2.45) is 0 Å². The van der Waals surface area contributed by atoms with Gasteiger partial charge in [0.05, 0.1) is 20.0 Å². The monoisotopic (exact) mass is 550 g/mol. The van der Waals surface area contributed by atoms with E-state index in [1.54, 1.807) is 17.0 Å². The zero-order valence-electron chi connectivity index (χ0n) is 17.1. The minimum absolute atomic E-state index is 0.0684. The molecule has 4 heterocycles. The Morgan fingerprint density at radius 1 is 1.03 bits per heavy atom. The number of carbonyl (C=O) groups is 1. The van der Waals surface area contributed by atoms with E-state index in [4.69, 9.17) is 0 Å². The molecule has 0 N–H and O–H groups in total. The molecule has 0 unspecified atom stereocenters. The molecule has 0 spiro atoms. The number of thiophene rings is 2. The van der Waals surface area contributed by atoms with Gasteiger partial charge in [-0.2, -0.15) is 9.40 Å². The van der Waals surface area contributed by atoms with Crippen LogP contribution >= 0.6 is 38.6 Å². The maximum absolute atomic E-state index is 13.2. The number of nitrogens with zero attached hydrogens (tertiary/aromatic N) is 4. The third kappa shape index (κ3) is 3.81. The highest BCUT2D eigenvalue weighted by molar-refractivity contribution is 9.11. The second-order valence-corrected chi connectivity index (χ2v) is 13.1. The highest BCUT2D eigenvalue weighted by atomic mass is 79.9. The number of rotatable bonds is 4. The average molecular weight is 552 g/mol. The molecule has 11 heteroatoms. The third-order valence-corrected chi connectivity index (χ3v) is 10.5. The predicted molar refractivity (Wildman–Crippen MR) is 130 cm³/mol. The first kappa shape index (κ1) is 21.8. The molecule has 1 aliphatic rings. The van der Waals surface area contributed by atoms with E-state index in [0.29, 0.717) is 22.2 Å². The van der Waals surface area contributed by atoms with E-state index in [1.165, 1.54) is 27.0 Å². The van der Waals surface area contributed by atoms with Gasteiger partial charge in [0.15, 0.2) is 0 Å². The average Bonchev–Trinajstić information content (AvgIpc) is 3.51. The van der Waals surface area contributed by atoms with Crippen molar-refractivity contribution in [3.63, 3.8) is 0 Å². The van der Waals surface area contributed by atoms with Crippen LogP contribution in [-0.2, 0) is 10.0 Å². The van der Waals surface area contributed by atoms with Gasteiger partial charge >= 0.3 is 0 Å². The third-order valence-electron chi connectivity index (χ3n) is 5.42. The van der Waals surface area contributed by atoms with Crippen LogP contribution in [0.2, 0.25) is 0 Å². The Morgan fingerprint density at radius 3 is 2.41 bits per heavy atom. The van der Waals surface area contributed by atoms with Gasteiger partial charge in [0.2, 0.25) is 0 Å². The zero-order chi connectivity index (χ0) is 22.5. The fraction of sp³-hybridized carbons (Fsp3) is 0.238. The second kappa shape index (κ2) is 8.38. The molecule has 0 aliphatic carbocycles. The van der Waals surface area contributed by atoms with Crippen molar-refractivity contribution in [2.45, 2.75) is 11.1 Å². The topological polar surface area (TPSA) is 75.5 Å². The number of amides is 1. The Morgan fingerprint density at radius 2 is 1.75 bits per heavy atom. The van der Waals surface area contributed by atoms with E-state index in [0.717, 1.165) is 25.4 Å². The molecule has 7 nitrogen and oxygen atoms in total. The minimum atomic E-state index is -3.53. The highest BCUT2D eigenvalue weighted by Gasteiger charge is 2.32. The lowest BCUT2D eigenvalue weighted by Crippen LogP contribution is -2.50. The van der Waals surface area contributed by atoms with Crippen molar-refractivity contribution < 1.29 is 13.2 Å². The van der Waals surface area contributed by atoms with E-state index < -0.39 is 10.0 Å². The second-order valence-electron chi connectivity index (χ2n) is 7.42. The van der Waals surface area contributed by atoms with Gasteiger partial charge in [-0.25, -0.2) is 13.1 Å². The van der Waals surface area contributed by atoms with Gasteiger partial charge in [-0.1, -0.05) is 18.2 Å². The van der Waals surface area contributed by atoms with E-state index in [-0.39, 0.29) is 19.0 Å². The molecule has 0 radical (unpaired) electrons. The Labute approximate surface area is 202 Å². The number of sulfonamides is 1. The Hall–Kier alpha value is -2.05. The summed E-state index contributed by atoms with van der Waals surface area (Å²) in [6.45, 7) is 3.23. The molecule has 3 aromatic heterocycles. The van der Waals surface area contributed by atoms with Crippen LogP contribution in [0, 0.1) is 6.92 Å². The molecule has 1 amide bonds. The molecule has 5 rings (SSSR count). The lowest BCUT2D eigenvalue weighted by Gasteiger charge is -2.33. The summed E-state index contributed by atoms with van der Waals surface area (Å²) in [4.78, 5) is 16.5. The van der Waals surface area contributed by atoms with Crippen LogP contribution in [0.25, 0.3) is 15.9 Å². The summed E-state index contributed by atoms with van der Waals surface area (Å²) < 4.78 is 30.1. The molecule has 4 aromatic rings. The first-order valence-electron chi connectivity index (χ1n) is 9.94. The molecular weight excluding hydrogens is 532 g/mol. The summed E-state index contributed by atoms with van der Waals surface area (Å²) in [7, 11) is -3.53. The van der Waals surface area contributed by atoms with Crippen LogP contribution in [0.15, 0.2) is 56.5 Å². The van der Waals surface area contributed by atoms with E-state index in [1.807, 2.05) is 48.0 Å². The molecule has 0 saturated carbocycles. The fourth-order valence-electron chi connectivity index (χ4n) is 3.75. The first-order chi connectivity index (χ1) is 15.3. The van der Waals surface area contributed by atoms with E-state index >= 15 is 0 Å². The molecule has 32 heavy (non-hydrogen) atoms. The number of carbonyl (C=O) groups excluding carboxylic acids is 1. The number of halogens is 1. The van der Waals surface area contributed by atoms with Crippen molar-refractivity contribution >= 4 is 64.8 Å². The fourth-order valence-corrected chi connectivity index (χ4v) is 8.48. The van der Waals surface area contributed by atoms with Crippen LogP contribution in [0.3, 0.4) is 0 Å². The van der Waals surface area contributed by atoms with E-state index in [2.05, 4.69) is 21.0 Å². The molecule has 0 atom stereocenters. The van der Waals surface area contributed by atoms with Gasteiger partial charge in [0.25, 0.3) is 15.9 Å². The largest absolute Gasteiger partial charge is 0.335 e. The summed E-state index contributed by atoms with van der Waals surface area (Å²) in [6.07, 6.45) is 0. The maximum atomic E-state index is 13.2. The quantitative estimate of drug-likeness (QED) is 0.378. The summed E-state index contributed by atoms with van der Waals surface area (Å²) in [5.74, 6) is -0.0684. The number of aryl methyl sites for hydroxylation is 1. The molecule has 1 saturated heterocycles. The SMILES string of the molecule is Cc1nn(-c2ccccc2)c2sc(C(=O)N3CCN(S(=O)(=O)c4ccc(Br)s4)CC3)cc12. The molecular formula is C21H19BrN4O3S3. The number of fused-ring (bicyclic) bond motifs is 1. The number of piperazine rings is 1. The van der Waals surface area contributed by atoms with Gasteiger partial charge in [-0.15, -0.1) is 22.7 Å². The van der Waals surface area contributed by atoms with Crippen LogP contribution in [0.4, 0.5) is 0 Å². The van der Waals surface area contributed by atoms with Gasteiger partial charge in [0.1, 0.15) is 9.04 Å². The molecule has 166 valence electrons. The van der Waals surface area contributed by atoms with Gasteiger partial charge in [-0.3, -0.25) is 4.79 Å². The van der Waals surface area contributed by atoms with Gasteiger partial charge in [-0.05, 0) is 53.2 Å². The highest BCUT2D eigenvalue weighted by Crippen LogP contribution is 2.32. The van der Waals surface area contributed by atoms with E-state index in [9.17, 15) is 13.2 Å². The zero-order valence-corrected chi connectivity index (χ0v) is 21.1. The van der Waals surface area contributed by atoms with Crippen LogP contribution in [0.1, 0.15) is 15.4 Å². The lowest BCUT2D eigenvalue weighted by molar-refractivity contribution is 0.0703. The van der Waals surface area contributed by atoms with Crippen molar-refractivity contribution in [1.82, 2.24) is 19.0 Å². The molecule has 1 aromatic carbocycles. The van der Waals surface area contributed by atoms with Crippen LogP contribution < -0.4 is 0 Å². The van der Waals surface area contributed by atoms with Gasteiger partial charge in [0, 0.05) is 31.6 Å². The number of benzene rings is 1. The summed E-state index contributed by atoms with van der Waals surface area (Å²) in [5, 5.41) is 5.59. The number of hydrogen-bond acceptors (Lipinski definition) is 6. The molecule has 0 bridgehead atoms. The Bertz CT molecular complexity index is 1400. The van der Waals surface area contributed by atoms with Crippen molar-refractivity contribution in [3.8, 4) is 5.69 Å². The van der Waals surface area contributed by atoms with Crippen molar-refractivity contribution in [3.05, 3.63) is 62.9 Å².